The minimum Gasteiger partial charge on any atom is -0.437 e. The van der Waals surface area contributed by atoms with Crippen molar-refractivity contribution < 1.29 is 14.6 Å². The summed E-state index contributed by atoms with van der Waals surface area (Å²) in [4.78, 5) is 6.23. The predicted octanol–water partition coefficient (Wildman–Crippen LogP) is 2.04. The molecule has 4 aromatic rings. The summed E-state index contributed by atoms with van der Waals surface area (Å²) in [6.07, 6.45) is 1.83. The highest BCUT2D eigenvalue weighted by Crippen LogP contribution is 2.42. The Kier molecular flexibility index (Phi) is 5.46. The minimum absolute atomic E-state index is 0.678. The molecule has 0 saturated carbocycles. The number of hydrogen-bond donors (Lipinski definition) is 3. The number of hydrogen-bond acceptors (Lipinski definition) is 3. The van der Waals surface area contributed by atoms with Gasteiger partial charge in [-0.3, -0.25) is 0 Å². The van der Waals surface area contributed by atoms with E-state index in [2.05, 4.69) is 58.1 Å². The number of anilines is 1. The molecule has 2 aromatic heterocycles. The van der Waals surface area contributed by atoms with E-state index in [9.17, 15) is 0 Å². The van der Waals surface area contributed by atoms with Gasteiger partial charge in [-0.2, -0.15) is 0 Å². The first-order valence-corrected chi connectivity index (χ1v) is 10.8. The molecule has 1 aliphatic heterocycles. The Labute approximate surface area is 176 Å². The SMILES string of the molecule is c1ccc(-c2oc3nccc(NCC[NH+]4CC[NH2+]CC4)c3c2-c2ccccc2)cc1. The monoisotopic (exact) mass is 400 g/mol. The van der Waals surface area contributed by atoms with Gasteiger partial charge in [0.1, 0.15) is 31.9 Å². The normalized spacial score (nSPS) is 14.8. The number of furan rings is 1. The molecule has 5 rings (SSSR count). The third kappa shape index (κ3) is 3.82. The molecule has 152 valence electrons. The predicted molar refractivity (Wildman–Crippen MR) is 121 cm³/mol. The number of piperazine rings is 1. The average Bonchev–Trinajstić information content (AvgIpc) is 3.21. The van der Waals surface area contributed by atoms with Gasteiger partial charge in [-0.25, -0.2) is 4.98 Å². The standard InChI is InChI=1S/C25H26N4O/c1-3-7-19(8-4-1)22-23-21(27-15-18-29-16-13-26-14-17-29)11-12-28-25(23)30-24(22)20-9-5-2-6-10-20/h1-12,26H,13-18H2,(H,27,28)/p+2. The maximum Gasteiger partial charge on any atom is 0.229 e. The van der Waals surface area contributed by atoms with Crippen molar-refractivity contribution in [3.05, 3.63) is 72.9 Å². The zero-order chi connectivity index (χ0) is 20.2. The molecule has 0 amide bonds. The molecule has 5 nitrogen and oxygen atoms in total. The number of pyridine rings is 1. The maximum absolute atomic E-state index is 6.32. The van der Waals surface area contributed by atoms with Crippen LogP contribution < -0.4 is 15.5 Å². The first-order valence-electron chi connectivity index (χ1n) is 10.8. The second kappa shape index (κ2) is 8.69. The van der Waals surface area contributed by atoms with Gasteiger partial charge in [-0.15, -0.1) is 0 Å². The molecule has 0 atom stereocenters. The molecule has 0 spiro atoms. The van der Waals surface area contributed by atoms with Crippen LogP contribution in [0.15, 0.2) is 77.3 Å². The van der Waals surface area contributed by atoms with Crippen LogP contribution in [0.5, 0.6) is 0 Å². The molecule has 0 radical (unpaired) electrons. The van der Waals surface area contributed by atoms with Crippen molar-refractivity contribution in [2.45, 2.75) is 0 Å². The Morgan fingerprint density at radius 3 is 2.33 bits per heavy atom. The summed E-state index contributed by atoms with van der Waals surface area (Å²) in [5, 5.41) is 7.15. The number of quaternary nitrogens is 2. The number of benzene rings is 2. The number of nitrogens with one attached hydrogen (secondary N) is 2. The Morgan fingerprint density at radius 2 is 1.60 bits per heavy atom. The highest BCUT2D eigenvalue weighted by Gasteiger charge is 2.21. The van der Waals surface area contributed by atoms with Gasteiger partial charge < -0.3 is 20.0 Å². The lowest BCUT2D eigenvalue weighted by atomic mass is 9.98. The van der Waals surface area contributed by atoms with Crippen LogP contribution in [0.1, 0.15) is 0 Å². The highest BCUT2D eigenvalue weighted by molar-refractivity contribution is 6.06. The molecule has 0 unspecified atom stereocenters. The lowest BCUT2D eigenvalue weighted by Gasteiger charge is -2.22. The van der Waals surface area contributed by atoms with Crippen molar-refractivity contribution in [1.82, 2.24) is 4.98 Å². The number of nitrogens with zero attached hydrogens (tertiary/aromatic N) is 1. The van der Waals surface area contributed by atoms with Crippen LogP contribution in [-0.4, -0.2) is 44.3 Å². The summed E-state index contributed by atoms with van der Waals surface area (Å²) in [5.74, 6) is 0.871. The van der Waals surface area contributed by atoms with E-state index in [4.69, 9.17) is 4.42 Å². The average molecular weight is 401 g/mol. The molecule has 4 N–H and O–H groups in total. The largest absolute Gasteiger partial charge is 0.437 e. The van der Waals surface area contributed by atoms with E-state index in [1.165, 1.54) is 26.2 Å². The number of rotatable bonds is 6. The summed E-state index contributed by atoms with van der Waals surface area (Å²) in [6, 6.07) is 22.8. The Balaban J connectivity index is 1.54. The lowest BCUT2D eigenvalue weighted by molar-refractivity contribution is -0.945. The Morgan fingerprint density at radius 1 is 0.900 bits per heavy atom. The third-order valence-electron chi connectivity index (χ3n) is 5.89. The summed E-state index contributed by atoms with van der Waals surface area (Å²) in [5.41, 5.74) is 5.08. The first-order chi connectivity index (χ1) is 14.9. The van der Waals surface area contributed by atoms with Crippen LogP contribution in [0.4, 0.5) is 5.69 Å². The maximum atomic E-state index is 6.32. The van der Waals surface area contributed by atoms with Crippen molar-refractivity contribution >= 4 is 16.8 Å². The fraction of sp³-hybridized carbons (Fsp3) is 0.240. The first kappa shape index (κ1) is 18.9. The van der Waals surface area contributed by atoms with Gasteiger partial charge in [0.05, 0.1) is 18.5 Å². The van der Waals surface area contributed by atoms with Crippen molar-refractivity contribution in [2.75, 3.05) is 44.6 Å². The fourth-order valence-electron chi connectivity index (χ4n) is 4.35. The molecule has 2 aromatic carbocycles. The molecule has 0 aliphatic carbocycles. The van der Waals surface area contributed by atoms with Gasteiger partial charge in [-0.05, 0) is 11.6 Å². The zero-order valence-electron chi connectivity index (χ0n) is 17.1. The van der Waals surface area contributed by atoms with Crippen LogP contribution >= 0.6 is 0 Å². The second-order valence-corrected chi connectivity index (χ2v) is 7.87. The molecule has 30 heavy (non-hydrogen) atoms. The molecule has 0 bridgehead atoms. The number of aromatic nitrogens is 1. The second-order valence-electron chi connectivity index (χ2n) is 7.87. The highest BCUT2D eigenvalue weighted by atomic mass is 16.3. The van der Waals surface area contributed by atoms with Crippen LogP contribution in [0, 0.1) is 0 Å². The number of fused-ring (bicyclic) bond motifs is 1. The fourth-order valence-corrected chi connectivity index (χ4v) is 4.35. The van der Waals surface area contributed by atoms with E-state index in [1.54, 1.807) is 4.90 Å². The van der Waals surface area contributed by atoms with Crippen molar-refractivity contribution in [3.63, 3.8) is 0 Å². The summed E-state index contributed by atoms with van der Waals surface area (Å²) in [7, 11) is 0. The van der Waals surface area contributed by atoms with Crippen LogP contribution in [0.3, 0.4) is 0 Å². The molecular weight excluding hydrogens is 372 g/mol. The van der Waals surface area contributed by atoms with Gasteiger partial charge in [0, 0.05) is 23.0 Å². The van der Waals surface area contributed by atoms with Crippen molar-refractivity contribution in [2.24, 2.45) is 0 Å². The van der Waals surface area contributed by atoms with Gasteiger partial charge in [0.15, 0.2) is 0 Å². The Hall–Kier alpha value is -3.15. The van der Waals surface area contributed by atoms with Crippen molar-refractivity contribution in [3.8, 4) is 22.5 Å². The van der Waals surface area contributed by atoms with E-state index >= 15 is 0 Å². The van der Waals surface area contributed by atoms with Gasteiger partial charge >= 0.3 is 0 Å². The lowest BCUT2D eigenvalue weighted by Crippen LogP contribution is -3.20. The van der Waals surface area contributed by atoms with Gasteiger partial charge in [-0.1, -0.05) is 60.7 Å². The van der Waals surface area contributed by atoms with Crippen LogP contribution in [0.2, 0.25) is 0 Å². The van der Waals surface area contributed by atoms with E-state index < -0.39 is 0 Å². The quantitative estimate of drug-likeness (QED) is 0.464. The number of nitrogens with two attached hydrogens (primary N) is 1. The van der Waals surface area contributed by atoms with Gasteiger partial charge in [0.25, 0.3) is 0 Å². The smallest absolute Gasteiger partial charge is 0.229 e. The summed E-state index contributed by atoms with van der Waals surface area (Å²) >= 11 is 0. The van der Waals surface area contributed by atoms with Crippen LogP contribution in [-0.2, 0) is 0 Å². The zero-order valence-corrected chi connectivity index (χ0v) is 17.1. The topological polar surface area (TPSA) is 59.1 Å². The third-order valence-corrected chi connectivity index (χ3v) is 5.89. The molecular formula is C25H28N4O+2. The van der Waals surface area contributed by atoms with Gasteiger partial charge in [0.2, 0.25) is 5.71 Å². The van der Waals surface area contributed by atoms with E-state index in [1.807, 2.05) is 30.5 Å². The minimum atomic E-state index is 0.678. The summed E-state index contributed by atoms with van der Waals surface area (Å²) < 4.78 is 6.32. The molecule has 5 heteroatoms. The molecule has 1 fully saturated rings. The van der Waals surface area contributed by atoms with Crippen molar-refractivity contribution in [1.29, 1.82) is 0 Å². The molecule has 1 saturated heterocycles. The molecule has 1 aliphatic rings. The van der Waals surface area contributed by atoms with E-state index in [-0.39, 0.29) is 0 Å². The Bertz CT molecular complexity index is 1100. The van der Waals surface area contributed by atoms with E-state index in [0.29, 0.717) is 5.71 Å². The van der Waals surface area contributed by atoms with E-state index in [0.717, 1.165) is 46.6 Å². The summed E-state index contributed by atoms with van der Waals surface area (Å²) in [6.45, 7) is 7.01. The molecule has 3 heterocycles. The van der Waals surface area contributed by atoms with Crippen LogP contribution in [0.25, 0.3) is 33.6 Å².